The van der Waals surface area contributed by atoms with E-state index in [4.69, 9.17) is 16.3 Å². The summed E-state index contributed by atoms with van der Waals surface area (Å²) < 4.78 is 7.32. The smallest absolute Gasteiger partial charge is 0.261 e. The second kappa shape index (κ2) is 8.98. The maximum atomic E-state index is 12.8. The van der Waals surface area contributed by atoms with Crippen LogP contribution in [0.2, 0.25) is 5.02 Å². The maximum Gasteiger partial charge on any atom is 0.261 e. The number of carbonyl (C=O) groups excluding carboxylic acids is 1. The van der Waals surface area contributed by atoms with Crippen molar-refractivity contribution in [3.05, 3.63) is 58.3 Å². The van der Waals surface area contributed by atoms with Gasteiger partial charge in [0.05, 0.1) is 29.1 Å². The van der Waals surface area contributed by atoms with Gasteiger partial charge in [0, 0.05) is 30.4 Å². The fourth-order valence-corrected chi connectivity index (χ4v) is 4.49. The SMILES string of the molecule is COc1cc(-n2cccc2)c(Cl)cc1C(=O)Nc1nc(CN2CCCCC2)cs1. The number of piperidine rings is 1. The van der Waals surface area contributed by atoms with Gasteiger partial charge in [0.25, 0.3) is 5.91 Å². The van der Waals surface area contributed by atoms with Crippen LogP contribution in [0.4, 0.5) is 5.13 Å². The maximum absolute atomic E-state index is 12.8. The van der Waals surface area contributed by atoms with Gasteiger partial charge in [-0.3, -0.25) is 15.0 Å². The highest BCUT2D eigenvalue weighted by Crippen LogP contribution is 2.31. The Morgan fingerprint density at radius 2 is 2.00 bits per heavy atom. The molecule has 1 fully saturated rings. The molecule has 1 aliphatic rings. The van der Waals surface area contributed by atoms with Gasteiger partial charge in [0.15, 0.2) is 5.13 Å². The zero-order valence-corrected chi connectivity index (χ0v) is 17.8. The van der Waals surface area contributed by atoms with Crippen LogP contribution in [0, 0.1) is 0 Å². The van der Waals surface area contributed by atoms with Gasteiger partial charge < -0.3 is 9.30 Å². The first-order valence-electron chi connectivity index (χ1n) is 9.63. The predicted octanol–water partition coefficient (Wildman–Crippen LogP) is 4.83. The molecule has 0 unspecified atom stereocenters. The number of methoxy groups -OCH3 is 1. The summed E-state index contributed by atoms with van der Waals surface area (Å²) in [4.78, 5) is 19.8. The third-order valence-electron chi connectivity index (χ3n) is 5.00. The van der Waals surface area contributed by atoms with Crippen LogP contribution in [0.3, 0.4) is 0 Å². The Morgan fingerprint density at radius 1 is 1.24 bits per heavy atom. The fourth-order valence-electron chi connectivity index (χ4n) is 3.53. The summed E-state index contributed by atoms with van der Waals surface area (Å²) in [6, 6.07) is 7.22. The number of rotatable bonds is 6. The number of thiazole rings is 1. The van der Waals surface area contributed by atoms with E-state index in [0.29, 0.717) is 21.5 Å². The molecule has 1 aromatic carbocycles. The summed E-state index contributed by atoms with van der Waals surface area (Å²) in [5.74, 6) is 0.169. The molecule has 4 rings (SSSR count). The first-order valence-corrected chi connectivity index (χ1v) is 10.9. The summed E-state index contributed by atoms with van der Waals surface area (Å²) >= 11 is 7.87. The molecule has 1 N–H and O–H groups in total. The molecule has 0 aliphatic carbocycles. The highest BCUT2D eigenvalue weighted by molar-refractivity contribution is 7.14. The first-order chi connectivity index (χ1) is 14.1. The number of amides is 1. The van der Waals surface area contributed by atoms with Crippen LogP contribution in [0.1, 0.15) is 35.3 Å². The molecule has 2 aromatic heterocycles. The van der Waals surface area contributed by atoms with Crippen LogP contribution in [-0.4, -0.2) is 40.6 Å². The van der Waals surface area contributed by atoms with E-state index in [1.165, 1.54) is 30.6 Å². The van der Waals surface area contributed by atoms with Crippen molar-refractivity contribution in [2.75, 3.05) is 25.5 Å². The van der Waals surface area contributed by atoms with Gasteiger partial charge in [-0.25, -0.2) is 4.98 Å². The Labute approximate surface area is 179 Å². The van der Waals surface area contributed by atoms with Crippen molar-refractivity contribution < 1.29 is 9.53 Å². The topological polar surface area (TPSA) is 59.4 Å². The number of nitrogens with zero attached hydrogens (tertiary/aromatic N) is 3. The lowest BCUT2D eigenvalue weighted by atomic mass is 10.1. The number of aromatic nitrogens is 2. The minimum absolute atomic E-state index is 0.290. The van der Waals surface area contributed by atoms with E-state index in [2.05, 4.69) is 15.2 Å². The fraction of sp³-hybridized carbons (Fsp3) is 0.333. The molecule has 1 saturated heterocycles. The molecule has 29 heavy (non-hydrogen) atoms. The Kier molecular flexibility index (Phi) is 6.18. The Hall–Kier alpha value is -2.35. The number of carbonyl (C=O) groups is 1. The molecule has 3 aromatic rings. The summed E-state index contributed by atoms with van der Waals surface area (Å²) in [5, 5.41) is 5.93. The van der Waals surface area contributed by atoms with Crippen LogP contribution < -0.4 is 10.1 Å². The van der Waals surface area contributed by atoms with Crippen molar-refractivity contribution in [1.82, 2.24) is 14.5 Å². The van der Waals surface area contributed by atoms with Gasteiger partial charge in [0.1, 0.15) is 5.75 Å². The van der Waals surface area contributed by atoms with Crippen LogP contribution >= 0.6 is 22.9 Å². The van der Waals surface area contributed by atoms with Crippen molar-refractivity contribution in [3.63, 3.8) is 0 Å². The second-order valence-electron chi connectivity index (χ2n) is 7.03. The Bertz CT molecular complexity index is 981. The number of hydrogen-bond donors (Lipinski definition) is 1. The lowest BCUT2D eigenvalue weighted by Crippen LogP contribution is -2.29. The molecule has 1 amide bonds. The van der Waals surface area contributed by atoms with Crippen LogP contribution in [0.15, 0.2) is 42.0 Å². The Morgan fingerprint density at radius 3 is 2.72 bits per heavy atom. The van der Waals surface area contributed by atoms with Gasteiger partial charge >= 0.3 is 0 Å². The lowest BCUT2D eigenvalue weighted by molar-refractivity contribution is 0.102. The molecule has 3 heterocycles. The quantitative estimate of drug-likeness (QED) is 0.608. The van der Waals surface area contributed by atoms with Crippen molar-refractivity contribution in [2.45, 2.75) is 25.8 Å². The van der Waals surface area contributed by atoms with E-state index in [0.717, 1.165) is 31.0 Å². The molecule has 152 valence electrons. The largest absolute Gasteiger partial charge is 0.496 e. The second-order valence-corrected chi connectivity index (χ2v) is 8.29. The monoisotopic (exact) mass is 430 g/mol. The summed E-state index contributed by atoms with van der Waals surface area (Å²) in [6.45, 7) is 3.05. The average Bonchev–Trinajstić information content (AvgIpc) is 3.41. The number of likely N-dealkylation sites (tertiary alicyclic amines) is 1. The van der Waals surface area contributed by atoms with Gasteiger partial charge in [0.2, 0.25) is 0 Å². The summed E-state index contributed by atoms with van der Waals surface area (Å²) in [7, 11) is 1.54. The first kappa shape index (κ1) is 19.9. The van der Waals surface area contributed by atoms with Crippen molar-refractivity contribution >= 4 is 34.0 Å². The molecule has 6 nitrogen and oxygen atoms in total. The van der Waals surface area contributed by atoms with Crippen molar-refractivity contribution in [3.8, 4) is 11.4 Å². The van der Waals surface area contributed by atoms with Crippen LogP contribution in [0.5, 0.6) is 5.75 Å². The molecule has 1 aliphatic heterocycles. The normalized spacial score (nSPS) is 14.7. The number of anilines is 1. The van der Waals surface area contributed by atoms with Gasteiger partial charge in [-0.2, -0.15) is 0 Å². The van der Waals surface area contributed by atoms with E-state index in [9.17, 15) is 4.79 Å². The molecular weight excluding hydrogens is 408 g/mol. The number of hydrogen-bond acceptors (Lipinski definition) is 5. The van der Waals surface area contributed by atoms with Gasteiger partial charge in [-0.1, -0.05) is 18.0 Å². The molecule has 0 atom stereocenters. The number of nitrogens with one attached hydrogen (secondary N) is 1. The average molecular weight is 431 g/mol. The highest BCUT2D eigenvalue weighted by atomic mass is 35.5. The van der Waals surface area contributed by atoms with Crippen LogP contribution in [0.25, 0.3) is 5.69 Å². The predicted molar refractivity (Wildman–Crippen MR) is 117 cm³/mol. The van der Waals surface area contributed by atoms with E-state index < -0.39 is 0 Å². The molecular formula is C21H23ClN4O2S. The lowest BCUT2D eigenvalue weighted by Gasteiger charge is -2.25. The highest BCUT2D eigenvalue weighted by Gasteiger charge is 2.18. The van der Waals surface area contributed by atoms with E-state index >= 15 is 0 Å². The molecule has 0 spiro atoms. The van der Waals surface area contributed by atoms with Gasteiger partial charge in [-0.05, 0) is 44.1 Å². The zero-order valence-electron chi connectivity index (χ0n) is 16.2. The number of ether oxygens (including phenoxy) is 1. The number of halogens is 1. The standard InChI is InChI=1S/C21H23ClN4O2S/c1-28-19-12-18(26-9-5-6-10-26)17(22)11-16(19)20(27)24-21-23-15(14-29-21)13-25-7-3-2-4-8-25/h5-6,9-12,14H,2-4,7-8,13H2,1H3,(H,23,24,27). The molecule has 0 bridgehead atoms. The third kappa shape index (κ3) is 4.63. The molecule has 0 radical (unpaired) electrons. The summed E-state index contributed by atoms with van der Waals surface area (Å²) in [6.07, 6.45) is 7.57. The van der Waals surface area contributed by atoms with Crippen molar-refractivity contribution in [2.24, 2.45) is 0 Å². The van der Waals surface area contributed by atoms with Crippen LogP contribution in [-0.2, 0) is 6.54 Å². The van der Waals surface area contributed by atoms with E-state index in [-0.39, 0.29) is 5.91 Å². The minimum atomic E-state index is -0.290. The van der Waals surface area contributed by atoms with Crippen molar-refractivity contribution in [1.29, 1.82) is 0 Å². The summed E-state index contributed by atoms with van der Waals surface area (Å²) in [5.41, 5.74) is 2.12. The number of benzene rings is 1. The minimum Gasteiger partial charge on any atom is -0.496 e. The zero-order chi connectivity index (χ0) is 20.2. The van der Waals surface area contributed by atoms with Gasteiger partial charge in [-0.15, -0.1) is 11.3 Å². The molecule has 8 heteroatoms. The Balaban J connectivity index is 1.49. The van der Waals surface area contributed by atoms with E-state index in [1.807, 2.05) is 34.5 Å². The third-order valence-corrected chi connectivity index (χ3v) is 6.11. The van der Waals surface area contributed by atoms with E-state index in [1.54, 1.807) is 19.2 Å². The molecule has 0 saturated carbocycles.